The number of nitrogens with one attached hydrogen (secondary N) is 1. The Morgan fingerprint density at radius 2 is 1.93 bits per heavy atom. The molecule has 1 saturated heterocycles. The molecule has 0 aliphatic carbocycles. The summed E-state index contributed by atoms with van der Waals surface area (Å²) >= 11 is 0. The minimum absolute atomic E-state index is 0.496. The standard InChI is InChI=1S/C20H29N7O/c1-5-10-21-20(22-15-19-24-23-16(2)25(19)3)27-13-11-26(12-14-27)17-6-8-18(28-4)9-7-17/h5-9H,1,10-15H2,2-4H3,(H,21,22). The van der Waals surface area contributed by atoms with Gasteiger partial charge in [-0.05, 0) is 31.2 Å². The molecule has 1 aromatic heterocycles. The number of benzene rings is 1. The summed E-state index contributed by atoms with van der Waals surface area (Å²) < 4.78 is 7.21. The van der Waals surface area contributed by atoms with E-state index in [-0.39, 0.29) is 0 Å². The van der Waals surface area contributed by atoms with Gasteiger partial charge in [-0.25, -0.2) is 4.99 Å². The Hall–Kier alpha value is -3.03. The van der Waals surface area contributed by atoms with Gasteiger partial charge in [0.25, 0.3) is 0 Å². The van der Waals surface area contributed by atoms with Crippen molar-refractivity contribution in [2.24, 2.45) is 12.0 Å². The molecule has 0 saturated carbocycles. The number of hydrogen-bond donors (Lipinski definition) is 1. The van der Waals surface area contributed by atoms with Crippen LogP contribution in [0.2, 0.25) is 0 Å². The molecule has 0 amide bonds. The van der Waals surface area contributed by atoms with E-state index < -0.39 is 0 Å². The van der Waals surface area contributed by atoms with Crippen molar-refractivity contribution in [1.29, 1.82) is 0 Å². The Balaban J connectivity index is 1.64. The Bertz CT molecular complexity index is 804. The molecule has 0 unspecified atom stereocenters. The largest absolute Gasteiger partial charge is 0.497 e. The summed E-state index contributed by atoms with van der Waals surface area (Å²) in [5.41, 5.74) is 1.22. The second kappa shape index (κ2) is 9.25. The van der Waals surface area contributed by atoms with Crippen LogP contribution in [-0.2, 0) is 13.6 Å². The number of piperazine rings is 1. The maximum atomic E-state index is 5.25. The minimum atomic E-state index is 0.496. The smallest absolute Gasteiger partial charge is 0.194 e. The molecule has 1 N–H and O–H groups in total. The first-order valence-corrected chi connectivity index (χ1v) is 9.50. The first-order chi connectivity index (χ1) is 13.6. The second-order valence-electron chi connectivity index (χ2n) is 6.70. The average Bonchev–Trinajstić information content (AvgIpc) is 3.06. The number of ether oxygens (including phenoxy) is 1. The van der Waals surface area contributed by atoms with Crippen molar-refractivity contribution in [2.45, 2.75) is 13.5 Å². The van der Waals surface area contributed by atoms with E-state index in [0.29, 0.717) is 13.1 Å². The molecule has 1 aliphatic heterocycles. The highest BCUT2D eigenvalue weighted by molar-refractivity contribution is 5.80. The third kappa shape index (κ3) is 4.62. The molecule has 2 heterocycles. The van der Waals surface area contributed by atoms with E-state index in [9.17, 15) is 0 Å². The highest BCUT2D eigenvalue weighted by atomic mass is 16.5. The lowest BCUT2D eigenvalue weighted by Crippen LogP contribution is -2.52. The van der Waals surface area contributed by atoms with Gasteiger partial charge in [-0.3, -0.25) is 0 Å². The molecule has 0 bridgehead atoms. The third-order valence-corrected chi connectivity index (χ3v) is 4.97. The number of rotatable bonds is 6. The van der Waals surface area contributed by atoms with Crippen molar-refractivity contribution < 1.29 is 4.74 Å². The summed E-state index contributed by atoms with van der Waals surface area (Å²) in [6.45, 7) is 10.6. The van der Waals surface area contributed by atoms with Gasteiger partial charge in [0.15, 0.2) is 11.8 Å². The van der Waals surface area contributed by atoms with Gasteiger partial charge < -0.3 is 24.4 Å². The SMILES string of the molecule is C=CCNC(=NCc1nnc(C)n1C)N1CCN(c2ccc(OC)cc2)CC1. The normalized spacial score (nSPS) is 14.9. The first-order valence-electron chi connectivity index (χ1n) is 9.50. The van der Waals surface area contributed by atoms with E-state index in [2.05, 4.69) is 44.0 Å². The summed E-state index contributed by atoms with van der Waals surface area (Å²) in [4.78, 5) is 9.44. The summed E-state index contributed by atoms with van der Waals surface area (Å²) in [7, 11) is 3.65. The molecule has 3 rings (SSSR count). The Morgan fingerprint density at radius 3 is 2.50 bits per heavy atom. The van der Waals surface area contributed by atoms with Gasteiger partial charge in [0, 0.05) is 45.5 Å². The first kappa shape index (κ1) is 19.7. The molecule has 8 heteroatoms. The summed E-state index contributed by atoms with van der Waals surface area (Å²) in [6, 6.07) is 8.22. The van der Waals surface area contributed by atoms with Gasteiger partial charge in [-0.15, -0.1) is 16.8 Å². The van der Waals surface area contributed by atoms with Crippen LogP contribution >= 0.6 is 0 Å². The fourth-order valence-electron chi connectivity index (χ4n) is 3.13. The summed E-state index contributed by atoms with van der Waals surface area (Å²) in [5, 5.41) is 11.7. The number of nitrogens with zero attached hydrogens (tertiary/aromatic N) is 6. The van der Waals surface area contributed by atoms with Crippen LogP contribution in [0.15, 0.2) is 41.9 Å². The Morgan fingerprint density at radius 1 is 1.21 bits per heavy atom. The van der Waals surface area contributed by atoms with E-state index in [1.165, 1.54) is 5.69 Å². The van der Waals surface area contributed by atoms with Gasteiger partial charge in [0.05, 0.1) is 7.11 Å². The van der Waals surface area contributed by atoms with Crippen molar-refractivity contribution in [1.82, 2.24) is 25.0 Å². The second-order valence-corrected chi connectivity index (χ2v) is 6.70. The molecule has 1 fully saturated rings. The Labute approximate surface area is 166 Å². The fourth-order valence-corrected chi connectivity index (χ4v) is 3.13. The van der Waals surface area contributed by atoms with Crippen LogP contribution in [0.25, 0.3) is 0 Å². The van der Waals surface area contributed by atoms with E-state index >= 15 is 0 Å². The molecule has 0 radical (unpaired) electrons. The Kier molecular flexibility index (Phi) is 6.52. The molecule has 0 atom stereocenters. The van der Waals surface area contributed by atoms with Crippen LogP contribution in [0.1, 0.15) is 11.6 Å². The topological polar surface area (TPSA) is 70.8 Å². The predicted molar refractivity (Wildman–Crippen MR) is 112 cm³/mol. The van der Waals surface area contributed by atoms with Crippen molar-refractivity contribution in [3.05, 3.63) is 48.6 Å². The van der Waals surface area contributed by atoms with Gasteiger partial charge in [-0.2, -0.15) is 0 Å². The average molecular weight is 384 g/mol. The van der Waals surface area contributed by atoms with Crippen molar-refractivity contribution >= 4 is 11.6 Å². The van der Waals surface area contributed by atoms with E-state index in [1.807, 2.05) is 36.7 Å². The number of aryl methyl sites for hydroxylation is 1. The number of anilines is 1. The predicted octanol–water partition coefficient (Wildman–Crippen LogP) is 1.59. The van der Waals surface area contributed by atoms with Gasteiger partial charge >= 0.3 is 0 Å². The molecule has 28 heavy (non-hydrogen) atoms. The molecule has 2 aromatic rings. The zero-order chi connectivity index (χ0) is 19.9. The number of hydrogen-bond acceptors (Lipinski definition) is 5. The molecule has 0 spiro atoms. The van der Waals surface area contributed by atoms with Crippen LogP contribution in [0.5, 0.6) is 5.75 Å². The number of guanidine groups is 1. The molecule has 150 valence electrons. The summed E-state index contributed by atoms with van der Waals surface area (Å²) in [5.74, 6) is 3.51. The van der Waals surface area contributed by atoms with E-state index in [0.717, 1.165) is 49.5 Å². The lowest BCUT2D eigenvalue weighted by atomic mass is 10.2. The van der Waals surface area contributed by atoms with Crippen LogP contribution in [0.3, 0.4) is 0 Å². The van der Waals surface area contributed by atoms with E-state index in [4.69, 9.17) is 9.73 Å². The molecule has 8 nitrogen and oxygen atoms in total. The number of aliphatic imine (C=N–C) groups is 1. The zero-order valence-corrected chi connectivity index (χ0v) is 16.9. The lowest BCUT2D eigenvalue weighted by Gasteiger charge is -2.37. The lowest BCUT2D eigenvalue weighted by molar-refractivity contribution is 0.373. The monoisotopic (exact) mass is 383 g/mol. The highest BCUT2D eigenvalue weighted by Crippen LogP contribution is 2.20. The van der Waals surface area contributed by atoms with Crippen molar-refractivity contribution in [3.63, 3.8) is 0 Å². The van der Waals surface area contributed by atoms with Gasteiger partial charge in [0.2, 0.25) is 0 Å². The maximum Gasteiger partial charge on any atom is 0.194 e. The van der Waals surface area contributed by atoms with Gasteiger partial charge in [0.1, 0.15) is 18.1 Å². The van der Waals surface area contributed by atoms with Crippen LogP contribution in [0.4, 0.5) is 5.69 Å². The van der Waals surface area contributed by atoms with Crippen LogP contribution in [-0.4, -0.2) is 65.5 Å². The van der Waals surface area contributed by atoms with Crippen LogP contribution < -0.4 is 15.0 Å². The summed E-state index contributed by atoms with van der Waals surface area (Å²) in [6.07, 6.45) is 1.84. The zero-order valence-electron chi connectivity index (χ0n) is 16.9. The minimum Gasteiger partial charge on any atom is -0.497 e. The molecule has 1 aromatic carbocycles. The van der Waals surface area contributed by atoms with Crippen molar-refractivity contribution in [2.75, 3.05) is 44.7 Å². The van der Waals surface area contributed by atoms with Crippen molar-refractivity contribution in [3.8, 4) is 5.75 Å². The maximum absolute atomic E-state index is 5.25. The molecule has 1 aliphatic rings. The fraction of sp³-hybridized carbons (Fsp3) is 0.450. The van der Waals surface area contributed by atoms with Gasteiger partial charge in [-0.1, -0.05) is 6.08 Å². The quantitative estimate of drug-likeness (QED) is 0.464. The highest BCUT2D eigenvalue weighted by Gasteiger charge is 2.20. The molecular formula is C20H29N7O. The third-order valence-electron chi connectivity index (χ3n) is 4.97. The molecular weight excluding hydrogens is 354 g/mol. The number of aromatic nitrogens is 3. The van der Waals surface area contributed by atoms with E-state index in [1.54, 1.807) is 7.11 Å². The number of methoxy groups -OCH3 is 1. The van der Waals surface area contributed by atoms with Crippen LogP contribution in [0, 0.1) is 6.92 Å².